The Balaban J connectivity index is 3.10. The van der Waals surface area contributed by atoms with E-state index in [1.807, 2.05) is 6.42 Å². The van der Waals surface area contributed by atoms with Crippen LogP contribution in [0, 0.1) is 6.42 Å². The van der Waals surface area contributed by atoms with Crippen LogP contribution in [0.15, 0.2) is 0 Å². The minimum Gasteiger partial charge on any atom is -0.466 e. The van der Waals surface area contributed by atoms with Crippen molar-refractivity contribution in [3.63, 3.8) is 0 Å². The fraction of sp³-hybridized carbons (Fsp3) is 0.882. The Morgan fingerprint density at radius 1 is 0.842 bits per heavy atom. The van der Waals surface area contributed by atoms with Crippen molar-refractivity contribution in [2.45, 2.75) is 90.9 Å². The molecule has 0 aliphatic heterocycles. The highest BCUT2D eigenvalue weighted by molar-refractivity contribution is 5.70. The standard InChI is InChI=1S/C17H33O2/c1-3-5-7-9-10-11-12-14-16-19-17(18)15-13-8-6-4-2/h13H,3-12,14-16H2,1-2H3. The SMILES string of the molecule is CCCC[CH]CC(=O)OCCCCCCCCCC. The number of ether oxygens (including phenoxy) is 1. The molecule has 0 atom stereocenters. The second kappa shape index (κ2) is 15.5. The molecular formula is C17H33O2. The molecule has 2 heteroatoms. The lowest BCUT2D eigenvalue weighted by Crippen LogP contribution is -2.05. The van der Waals surface area contributed by atoms with Gasteiger partial charge in [0.05, 0.1) is 6.61 Å². The molecule has 0 aromatic heterocycles. The zero-order valence-corrected chi connectivity index (χ0v) is 13.1. The van der Waals surface area contributed by atoms with Gasteiger partial charge in [-0.15, -0.1) is 0 Å². The highest BCUT2D eigenvalue weighted by atomic mass is 16.5. The first-order chi connectivity index (χ1) is 9.31. The van der Waals surface area contributed by atoms with Crippen molar-refractivity contribution in [3.8, 4) is 0 Å². The van der Waals surface area contributed by atoms with Crippen LogP contribution < -0.4 is 0 Å². The van der Waals surface area contributed by atoms with Gasteiger partial charge in [0.1, 0.15) is 0 Å². The fourth-order valence-electron chi connectivity index (χ4n) is 2.05. The number of hydrogen-bond acceptors (Lipinski definition) is 2. The second-order valence-electron chi connectivity index (χ2n) is 5.33. The topological polar surface area (TPSA) is 26.3 Å². The summed E-state index contributed by atoms with van der Waals surface area (Å²) in [4.78, 5) is 11.4. The largest absolute Gasteiger partial charge is 0.466 e. The van der Waals surface area contributed by atoms with Gasteiger partial charge >= 0.3 is 5.97 Å². The maximum absolute atomic E-state index is 11.4. The van der Waals surface area contributed by atoms with Crippen LogP contribution in [0.2, 0.25) is 0 Å². The molecule has 0 rings (SSSR count). The van der Waals surface area contributed by atoms with Crippen molar-refractivity contribution in [2.75, 3.05) is 6.61 Å². The molecule has 0 N–H and O–H groups in total. The van der Waals surface area contributed by atoms with Crippen LogP contribution in [0.4, 0.5) is 0 Å². The van der Waals surface area contributed by atoms with Gasteiger partial charge in [0.15, 0.2) is 0 Å². The van der Waals surface area contributed by atoms with Crippen LogP contribution in [0.5, 0.6) is 0 Å². The first-order valence-corrected chi connectivity index (χ1v) is 8.28. The number of hydrogen-bond donors (Lipinski definition) is 0. The Labute approximate surface area is 120 Å². The summed E-state index contributed by atoms with van der Waals surface area (Å²) in [6, 6.07) is 0. The van der Waals surface area contributed by atoms with Crippen molar-refractivity contribution in [1.29, 1.82) is 0 Å². The van der Waals surface area contributed by atoms with E-state index in [9.17, 15) is 4.79 Å². The molecule has 0 heterocycles. The fourth-order valence-corrected chi connectivity index (χ4v) is 2.05. The molecule has 2 nitrogen and oxygen atoms in total. The van der Waals surface area contributed by atoms with Gasteiger partial charge in [-0.05, 0) is 19.3 Å². The molecule has 19 heavy (non-hydrogen) atoms. The smallest absolute Gasteiger partial charge is 0.306 e. The molecule has 0 aromatic carbocycles. The summed E-state index contributed by atoms with van der Waals surface area (Å²) in [5, 5.41) is 0. The molecule has 0 saturated heterocycles. The zero-order chi connectivity index (χ0) is 14.2. The predicted octanol–water partition coefficient (Wildman–Crippen LogP) is 5.45. The van der Waals surface area contributed by atoms with Crippen molar-refractivity contribution in [2.24, 2.45) is 0 Å². The molecule has 0 aromatic rings. The highest BCUT2D eigenvalue weighted by Gasteiger charge is 2.02. The Hall–Kier alpha value is -0.530. The third-order valence-electron chi connectivity index (χ3n) is 3.33. The number of esters is 1. The van der Waals surface area contributed by atoms with Crippen molar-refractivity contribution in [1.82, 2.24) is 0 Å². The molecule has 0 spiro atoms. The predicted molar refractivity (Wildman–Crippen MR) is 82.0 cm³/mol. The third-order valence-corrected chi connectivity index (χ3v) is 3.33. The Morgan fingerprint density at radius 3 is 2.05 bits per heavy atom. The summed E-state index contributed by atoms with van der Waals surface area (Å²) in [5.74, 6) is -0.0564. The lowest BCUT2D eigenvalue weighted by molar-refractivity contribution is -0.143. The van der Waals surface area contributed by atoms with Crippen molar-refractivity contribution >= 4 is 5.97 Å². The average molecular weight is 269 g/mol. The molecule has 0 fully saturated rings. The van der Waals surface area contributed by atoms with Crippen LogP contribution in [-0.4, -0.2) is 12.6 Å². The second-order valence-corrected chi connectivity index (χ2v) is 5.33. The first-order valence-electron chi connectivity index (χ1n) is 8.28. The molecule has 0 saturated carbocycles. The summed E-state index contributed by atoms with van der Waals surface area (Å²) >= 11 is 0. The van der Waals surface area contributed by atoms with E-state index in [1.165, 1.54) is 57.8 Å². The van der Waals surface area contributed by atoms with Crippen molar-refractivity contribution < 1.29 is 9.53 Å². The molecule has 0 unspecified atom stereocenters. The van der Waals surface area contributed by atoms with Crippen LogP contribution >= 0.6 is 0 Å². The lowest BCUT2D eigenvalue weighted by Gasteiger charge is -2.05. The highest BCUT2D eigenvalue weighted by Crippen LogP contribution is 2.08. The van der Waals surface area contributed by atoms with Crippen LogP contribution in [-0.2, 0) is 9.53 Å². The van der Waals surface area contributed by atoms with Crippen LogP contribution in [0.25, 0.3) is 0 Å². The average Bonchev–Trinajstić information content (AvgIpc) is 2.42. The van der Waals surface area contributed by atoms with Gasteiger partial charge in [-0.25, -0.2) is 0 Å². The van der Waals surface area contributed by atoms with Crippen LogP contribution in [0.3, 0.4) is 0 Å². The van der Waals surface area contributed by atoms with Gasteiger partial charge in [-0.3, -0.25) is 4.79 Å². The van der Waals surface area contributed by atoms with Gasteiger partial charge in [-0.2, -0.15) is 0 Å². The number of carbonyl (C=O) groups is 1. The van der Waals surface area contributed by atoms with Crippen LogP contribution in [0.1, 0.15) is 90.9 Å². The van der Waals surface area contributed by atoms with Gasteiger partial charge in [0.2, 0.25) is 0 Å². The van der Waals surface area contributed by atoms with Crippen molar-refractivity contribution in [3.05, 3.63) is 6.42 Å². The summed E-state index contributed by atoms with van der Waals surface area (Å²) < 4.78 is 5.20. The quantitative estimate of drug-likeness (QED) is 0.309. The Morgan fingerprint density at radius 2 is 1.42 bits per heavy atom. The lowest BCUT2D eigenvalue weighted by atomic mass is 10.1. The van der Waals surface area contributed by atoms with Gasteiger partial charge in [0.25, 0.3) is 0 Å². The van der Waals surface area contributed by atoms with E-state index in [2.05, 4.69) is 13.8 Å². The molecule has 1 radical (unpaired) electrons. The zero-order valence-electron chi connectivity index (χ0n) is 13.1. The monoisotopic (exact) mass is 269 g/mol. The van der Waals surface area contributed by atoms with Gasteiger partial charge in [0, 0.05) is 6.42 Å². The summed E-state index contributed by atoms with van der Waals surface area (Å²) in [5.41, 5.74) is 0. The molecule has 113 valence electrons. The Bertz CT molecular complexity index is 190. The maximum atomic E-state index is 11.4. The molecule has 0 amide bonds. The molecular weight excluding hydrogens is 236 g/mol. The van der Waals surface area contributed by atoms with E-state index in [0.29, 0.717) is 13.0 Å². The molecule has 0 bridgehead atoms. The minimum absolute atomic E-state index is 0.0564. The maximum Gasteiger partial charge on any atom is 0.306 e. The van der Waals surface area contributed by atoms with E-state index in [0.717, 1.165) is 12.8 Å². The van der Waals surface area contributed by atoms with E-state index >= 15 is 0 Å². The summed E-state index contributed by atoms with van der Waals surface area (Å²) in [6.45, 7) is 5.01. The summed E-state index contributed by atoms with van der Waals surface area (Å²) in [7, 11) is 0. The normalized spacial score (nSPS) is 10.6. The summed E-state index contributed by atoms with van der Waals surface area (Å²) in [6.07, 6.45) is 16.2. The Kier molecular flexibility index (Phi) is 15.1. The van der Waals surface area contributed by atoms with E-state index < -0.39 is 0 Å². The molecule has 0 aliphatic rings. The van der Waals surface area contributed by atoms with E-state index in [4.69, 9.17) is 4.74 Å². The van der Waals surface area contributed by atoms with E-state index in [1.54, 1.807) is 0 Å². The third kappa shape index (κ3) is 15.4. The first kappa shape index (κ1) is 18.5. The number of unbranched alkanes of at least 4 members (excludes halogenated alkanes) is 10. The number of rotatable bonds is 14. The van der Waals surface area contributed by atoms with Gasteiger partial charge < -0.3 is 4.74 Å². The van der Waals surface area contributed by atoms with Gasteiger partial charge in [-0.1, -0.05) is 71.6 Å². The minimum atomic E-state index is -0.0564. The number of carbonyl (C=O) groups excluding carboxylic acids is 1. The molecule has 0 aliphatic carbocycles. The van der Waals surface area contributed by atoms with E-state index in [-0.39, 0.29) is 5.97 Å².